The first-order valence-corrected chi connectivity index (χ1v) is 8.95. The molecule has 2 atom stereocenters. The second kappa shape index (κ2) is 7.17. The Kier molecular flexibility index (Phi) is 6.34. The molecule has 1 nitrogen and oxygen atoms in total. The zero-order chi connectivity index (χ0) is 16.3. The average molecular weight is 309 g/mol. The van der Waals surface area contributed by atoms with Gasteiger partial charge in [-0.25, -0.2) is 0 Å². The lowest BCUT2D eigenvalue weighted by Gasteiger charge is -2.38. The van der Waals surface area contributed by atoms with Crippen LogP contribution in [0.5, 0.6) is 0 Å². The molecule has 1 rings (SSSR count). The first-order valence-electron chi connectivity index (χ1n) is 8.07. The molecule has 0 radical (unpaired) electrons. The highest BCUT2D eigenvalue weighted by Crippen LogP contribution is 2.44. The van der Waals surface area contributed by atoms with Crippen LogP contribution in [0.1, 0.15) is 67.2 Å². The maximum Gasteiger partial charge on any atom is 0.131 e. The van der Waals surface area contributed by atoms with Crippen LogP contribution in [0.2, 0.25) is 0 Å². The van der Waals surface area contributed by atoms with Crippen LogP contribution in [-0.4, -0.2) is 15.8 Å². The Morgan fingerprint density at radius 3 is 2.67 bits per heavy atom. The van der Waals surface area contributed by atoms with E-state index in [9.17, 15) is 4.79 Å². The summed E-state index contributed by atoms with van der Waals surface area (Å²) in [5.41, 5.74) is 1.70. The van der Waals surface area contributed by atoms with Crippen LogP contribution in [0.15, 0.2) is 24.3 Å². The number of Topliss-reactive ketones (excluding diaryl/α,β-unsaturated/α-hetero) is 1. The summed E-state index contributed by atoms with van der Waals surface area (Å²) < 4.78 is 0.00861. The van der Waals surface area contributed by atoms with E-state index in [4.69, 9.17) is 0 Å². The summed E-state index contributed by atoms with van der Waals surface area (Å²) in [6.07, 6.45) is 9.02. The van der Waals surface area contributed by atoms with Crippen molar-refractivity contribution in [3.8, 4) is 0 Å². The molecule has 0 aromatic carbocycles. The maximum atomic E-state index is 11.3. The van der Waals surface area contributed by atoms with E-state index in [0.29, 0.717) is 23.0 Å². The zero-order valence-corrected chi connectivity index (χ0v) is 15.5. The highest BCUT2D eigenvalue weighted by Gasteiger charge is 2.32. The molecule has 0 aromatic rings. The minimum Gasteiger partial charge on any atom is -0.300 e. The van der Waals surface area contributed by atoms with Crippen molar-refractivity contribution in [1.29, 1.82) is 0 Å². The number of carbonyl (C=O) groups excluding carboxylic acids is 1. The summed E-state index contributed by atoms with van der Waals surface area (Å²) in [5.74, 6) is 0.760. The predicted molar refractivity (Wildman–Crippen MR) is 95.8 cm³/mol. The largest absolute Gasteiger partial charge is 0.300 e. The highest BCUT2D eigenvalue weighted by atomic mass is 32.2. The summed E-state index contributed by atoms with van der Waals surface area (Å²) in [7, 11) is 0. The number of thioether (sulfide) groups is 1. The molecule has 1 saturated carbocycles. The first kappa shape index (κ1) is 18.5. The van der Waals surface area contributed by atoms with E-state index < -0.39 is 0 Å². The van der Waals surface area contributed by atoms with Gasteiger partial charge in [-0.1, -0.05) is 52.0 Å². The molecule has 2 unspecified atom stereocenters. The van der Waals surface area contributed by atoms with Crippen molar-refractivity contribution in [2.45, 2.75) is 77.2 Å². The summed E-state index contributed by atoms with van der Waals surface area (Å²) >= 11 is 1.88. The summed E-state index contributed by atoms with van der Waals surface area (Å²) in [4.78, 5) is 11.3. The van der Waals surface area contributed by atoms with Crippen LogP contribution in [0.4, 0.5) is 0 Å². The van der Waals surface area contributed by atoms with Crippen LogP contribution < -0.4 is 0 Å². The van der Waals surface area contributed by atoms with E-state index in [1.54, 1.807) is 6.92 Å². The maximum absolute atomic E-state index is 11.3. The van der Waals surface area contributed by atoms with E-state index in [1.807, 2.05) is 11.8 Å². The van der Waals surface area contributed by atoms with Crippen LogP contribution in [-0.2, 0) is 4.79 Å². The van der Waals surface area contributed by atoms with Gasteiger partial charge in [0.1, 0.15) is 5.78 Å². The molecule has 0 spiro atoms. The third-order valence-corrected chi connectivity index (χ3v) is 5.67. The van der Waals surface area contributed by atoms with Crippen molar-refractivity contribution in [2.75, 3.05) is 0 Å². The van der Waals surface area contributed by atoms with Crippen LogP contribution in [0, 0.1) is 11.3 Å². The molecule has 0 amide bonds. The smallest absolute Gasteiger partial charge is 0.131 e. The molecule has 1 aliphatic carbocycles. The van der Waals surface area contributed by atoms with E-state index in [0.717, 1.165) is 6.42 Å². The second-order valence-corrected chi connectivity index (χ2v) is 9.91. The van der Waals surface area contributed by atoms with Gasteiger partial charge in [-0.3, -0.25) is 4.79 Å². The van der Waals surface area contributed by atoms with E-state index >= 15 is 0 Å². The molecule has 1 aliphatic rings. The molecule has 120 valence electrons. The van der Waals surface area contributed by atoms with Crippen LogP contribution in [0.25, 0.3) is 0 Å². The minimum atomic E-state index is 0.00861. The Hall–Kier alpha value is -0.500. The monoisotopic (exact) mass is 308 g/mol. The standard InChI is InChI=1S/C19H32OS/c1-14-9-8-12-18(4,5)17(14)11-10-16(3)21-19(6,7)13-15(2)20/h10-11,16-17H,1,8-9,12-13H2,2-7H3/b11-10+. The van der Waals surface area contributed by atoms with Gasteiger partial charge in [-0.05, 0) is 38.5 Å². The molecular weight excluding hydrogens is 276 g/mol. The van der Waals surface area contributed by atoms with Crippen LogP contribution >= 0.6 is 11.8 Å². The molecule has 0 N–H and O–H groups in total. The molecule has 0 bridgehead atoms. The fourth-order valence-corrected chi connectivity index (χ4v) is 4.94. The molecule has 21 heavy (non-hydrogen) atoms. The van der Waals surface area contributed by atoms with Gasteiger partial charge in [0.15, 0.2) is 0 Å². The normalized spacial score (nSPS) is 24.3. The molecule has 0 heterocycles. The fourth-order valence-electron chi connectivity index (χ4n) is 3.48. The topological polar surface area (TPSA) is 17.1 Å². The summed E-state index contributed by atoms with van der Waals surface area (Å²) in [5, 5.41) is 0.421. The van der Waals surface area contributed by atoms with Crippen molar-refractivity contribution in [2.24, 2.45) is 11.3 Å². The lowest BCUT2D eigenvalue weighted by Crippen LogP contribution is -2.28. The predicted octanol–water partition coefficient (Wildman–Crippen LogP) is 5.80. The van der Waals surface area contributed by atoms with Crippen molar-refractivity contribution in [3.05, 3.63) is 24.3 Å². The van der Waals surface area contributed by atoms with Crippen molar-refractivity contribution in [1.82, 2.24) is 0 Å². The van der Waals surface area contributed by atoms with Gasteiger partial charge in [0, 0.05) is 22.3 Å². The van der Waals surface area contributed by atoms with Gasteiger partial charge in [0.05, 0.1) is 0 Å². The van der Waals surface area contributed by atoms with Gasteiger partial charge in [0.25, 0.3) is 0 Å². The molecule has 0 aromatic heterocycles. The van der Waals surface area contributed by atoms with Gasteiger partial charge >= 0.3 is 0 Å². The third kappa shape index (κ3) is 6.02. The molecule has 0 saturated heterocycles. The Morgan fingerprint density at radius 2 is 2.14 bits per heavy atom. The molecule has 0 aliphatic heterocycles. The quantitative estimate of drug-likeness (QED) is 0.576. The molecule has 2 heteroatoms. The first-order chi connectivity index (χ1) is 9.53. The Bertz CT molecular complexity index is 417. The summed E-state index contributed by atoms with van der Waals surface area (Å²) in [6, 6.07) is 0. The van der Waals surface area contributed by atoms with Gasteiger partial charge in [-0.2, -0.15) is 0 Å². The SMILES string of the molecule is C=C1CCCC(C)(C)C1/C=C/C(C)SC(C)(C)CC(C)=O. The number of rotatable bonds is 6. The minimum absolute atomic E-state index is 0.00861. The fraction of sp³-hybridized carbons (Fsp3) is 0.737. The third-order valence-electron chi connectivity index (χ3n) is 4.35. The van der Waals surface area contributed by atoms with Gasteiger partial charge in [0.2, 0.25) is 0 Å². The molecule has 1 fully saturated rings. The van der Waals surface area contributed by atoms with E-state index in [1.165, 1.54) is 18.4 Å². The zero-order valence-electron chi connectivity index (χ0n) is 14.7. The van der Waals surface area contributed by atoms with E-state index in [2.05, 4.69) is 53.3 Å². The van der Waals surface area contributed by atoms with Crippen LogP contribution in [0.3, 0.4) is 0 Å². The summed E-state index contributed by atoms with van der Waals surface area (Å²) in [6.45, 7) is 17.2. The van der Waals surface area contributed by atoms with E-state index in [-0.39, 0.29) is 10.5 Å². The van der Waals surface area contributed by atoms with Gasteiger partial charge in [-0.15, -0.1) is 11.8 Å². The molecular formula is C19H32OS. The number of allylic oxidation sites excluding steroid dienone is 2. The van der Waals surface area contributed by atoms with Crippen molar-refractivity contribution >= 4 is 17.5 Å². The number of hydrogen-bond acceptors (Lipinski definition) is 2. The van der Waals surface area contributed by atoms with Crippen molar-refractivity contribution < 1.29 is 4.79 Å². The Labute approximate surface area is 135 Å². The Balaban J connectivity index is 2.66. The lowest BCUT2D eigenvalue weighted by molar-refractivity contribution is -0.117. The highest BCUT2D eigenvalue weighted by molar-refractivity contribution is 8.01. The lowest BCUT2D eigenvalue weighted by atomic mass is 9.67. The Morgan fingerprint density at radius 1 is 1.52 bits per heavy atom. The second-order valence-electron chi connectivity index (χ2n) is 7.82. The average Bonchev–Trinajstić information content (AvgIpc) is 2.24. The van der Waals surface area contributed by atoms with Gasteiger partial charge < -0.3 is 0 Å². The number of hydrogen-bond donors (Lipinski definition) is 0. The number of carbonyl (C=O) groups is 1. The van der Waals surface area contributed by atoms with Crippen molar-refractivity contribution in [3.63, 3.8) is 0 Å². The number of ketones is 1.